The molecule has 136 valence electrons. The van der Waals surface area contributed by atoms with Crippen molar-refractivity contribution in [3.8, 4) is 28.7 Å². The van der Waals surface area contributed by atoms with Gasteiger partial charge in [-0.1, -0.05) is 0 Å². The SMILES string of the molecule is COc1cc(OC)c(C(=O)C=C(O)c2ccc3c(c2)OCO3)c(OC)c1. The molecule has 0 radical (unpaired) electrons. The van der Waals surface area contributed by atoms with Gasteiger partial charge in [0, 0.05) is 23.8 Å². The molecule has 2 aromatic carbocycles. The summed E-state index contributed by atoms with van der Waals surface area (Å²) in [6.07, 6.45) is 1.10. The smallest absolute Gasteiger partial charge is 0.231 e. The van der Waals surface area contributed by atoms with Gasteiger partial charge in [0.25, 0.3) is 0 Å². The normalized spacial score (nSPS) is 12.7. The number of ether oxygens (including phenoxy) is 5. The Balaban J connectivity index is 1.97. The number of carbonyl (C=O) groups is 1. The summed E-state index contributed by atoms with van der Waals surface area (Å²) in [5.74, 6) is 1.45. The van der Waals surface area contributed by atoms with E-state index in [1.165, 1.54) is 21.3 Å². The molecule has 0 aromatic heterocycles. The highest BCUT2D eigenvalue weighted by Gasteiger charge is 2.20. The van der Waals surface area contributed by atoms with Crippen LogP contribution in [0.15, 0.2) is 36.4 Å². The maximum Gasteiger partial charge on any atom is 0.231 e. The lowest BCUT2D eigenvalue weighted by molar-refractivity contribution is 0.104. The lowest BCUT2D eigenvalue weighted by atomic mass is 10.0. The third kappa shape index (κ3) is 3.23. The number of hydrogen-bond acceptors (Lipinski definition) is 7. The molecule has 3 rings (SSSR count). The van der Waals surface area contributed by atoms with Crippen LogP contribution < -0.4 is 23.7 Å². The summed E-state index contributed by atoms with van der Waals surface area (Å²) >= 11 is 0. The zero-order valence-corrected chi connectivity index (χ0v) is 14.6. The van der Waals surface area contributed by atoms with Crippen LogP contribution in [0.1, 0.15) is 15.9 Å². The minimum Gasteiger partial charge on any atom is -0.507 e. The number of ketones is 1. The Hall–Kier alpha value is -3.35. The first-order valence-electron chi connectivity index (χ1n) is 7.72. The van der Waals surface area contributed by atoms with E-state index >= 15 is 0 Å². The minimum atomic E-state index is -0.475. The van der Waals surface area contributed by atoms with Gasteiger partial charge in [-0.3, -0.25) is 4.79 Å². The fraction of sp³-hybridized carbons (Fsp3) is 0.211. The monoisotopic (exact) mass is 358 g/mol. The van der Waals surface area contributed by atoms with Crippen molar-refractivity contribution in [3.63, 3.8) is 0 Å². The molecule has 1 aliphatic heterocycles. The molecular formula is C19H18O7. The second-order valence-electron chi connectivity index (χ2n) is 5.37. The van der Waals surface area contributed by atoms with Crippen LogP contribution in [0.2, 0.25) is 0 Å². The van der Waals surface area contributed by atoms with Gasteiger partial charge in [-0.25, -0.2) is 0 Å². The molecular weight excluding hydrogens is 340 g/mol. The molecule has 7 heteroatoms. The van der Waals surface area contributed by atoms with Crippen molar-refractivity contribution in [2.45, 2.75) is 0 Å². The van der Waals surface area contributed by atoms with Gasteiger partial charge < -0.3 is 28.8 Å². The number of aliphatic hydroxyl groups is 1. The number of carbonyl (C=O) groups excluding carboxylic acids is 1. The van der Waals surface area contributed by atoms with Crippen molar-refractivity contribution in [2.24, 2.45) is 0 Å². The molecule has 0 bridgehead atoms. The molecule has 0 atom stereocenters. The summed E-state index contributed by atoms with van der Waals surface area (Å²) < 4.78 is 26.2. The Morgan fingerprint density at radius 1 is 1.00 bits per heavy atom. The quantitative estimate of drug-likeness (QED) is 0.482. The molecule has 0 aliphatic carbocycles. The lowest BCUT2D eigenvalue weighted by Gasteiger charge is -2.13. The molecule has 0 fully saturated rings. The van der Waals surface area contributed by atoms with Crippen LogP contribution >= 0.6 is 0 Å². The maximum atomic E-state index is 12.7. The number of methoxy groups -OCH3 is 3. The summed E-state index contributed by atoms with van der Waals surface area (Å²) in [5, 5.41) is 10.3. The highest BCUT2D eigenvalue weighted by Crippen LogP contribution is 2.36. The molecule has 1 aliphatic rings. The average molecular weight is 358 g/mol. The van der Waals surface area contributed by atoms with E-state index in [2.05, 4.69) is 0 Å². The highest BCUT2D eigenvalue weighted by atomic mass is 16.7. The lowest BCUT2D eigenvalue weighted by Crippen LogP contribution is -2.04. The largest absolute Gasteiger partial charge is 0.507 e. The van der Waals surface area contributed by atoms with Crippen molar-refractivity contribution in [3.05, 3.63) is 47.5 Å². The van der Waals surface area contributed by atoms with Crippen LogP contribution in [-0.2, 0) is 0 Å². The van der Waals surface area contributed by atoms with Crippen LogP contribution in [0.25, 0.3) is 5.76 Å². The van der Waals surface area contributed by atoms with Gasteiger partial charge in [0.15, 0.2) is 17.3 Å². The van der Waals surface area contributed by atoms with Gasteiger partial charge in [-0.2, -0.15) is 0 Å². The number of hydrogen-bond donors (Lipinski definition) is 1. The number of allylic oxidation sites excluding steroid dienone is 1. The maximum absolute atomic E-state index is 12.7. The molecule has 7 nitrogen and oxygen atoms in total. The van der Waals surface area contributed by atoms with Crippen LogP contribution in [-0.4, -0.2) is 39.0 Å². The zero-order chi connectivity index (χ0) is 18.7. The van der Waals surface area contributed by atoms with Gasteiger partial charge in [0.1, 0.15) is 28.6 Å². The van der Waals surface area contributed by atoms with Crippen molar-refractivity contribution < 1.29 is 33.6 Å². The van der Waals surface area contributed by atoms with Gasteiger partial charge in [0.2, 0.25) is 6.79 Å². The van der Waals surface area contributed by atoms with Crippen molar-refractivity contribution in [1.82, 2.24) is 0 Å². The molecule has 0 saturated carbocycles. The average Bonchev–Trinajstić information content (AvgIpc) is 3.14. The van der Waals surface area contributed by atoms with E-state index in [1.807, 2.05) is 0 Å². The molecule has 2 aromatic rings. The Morgan fingerprint density at radius 2 is 1.65 bits per heavy atom. The standard InChI is InChI=1S/C19H18O7/c1-22-12-7-17(23-2)19(18(8-12)24-3)14(21)9-13(20)11-4-5-15-16(6-11)26-10-25-15/h4-9,20H,10H2,1-3H3. The number of fused-ring (bicyclic) bond motifs is 1. The molecule has 0 amide bonds. The first-order valence-corrected chi connectivity index (χ1v) is 7.72. The highest BCUT2D eigenvalue weighted by molar-refractivity contribution is 6.11. The molecule has 0 unspecified atom stereocenters. The van der Waals surface area contributed by atoms with Crippen molar-refractivity contribution >= 4 is 11.5 Å². The molecule has 26 heavy (non-hydrogen) atoms. The predicted octanol–water partition coefficient (Wildman–Crippen LogP) is 3.22. The molecule has 1 N–H and O–H groups in total. The van der Waals surface area contributed by atoms with Crippen molar-refractivity contribution in [2.75, 3.05) is 28.1 Å². The Morgan fingerprint density at radius 3 is 2.27 bits per heavy atom. The van der Waals surface area contributed by atoms with Crippen LogP contribution in [0.4, 0.5) is 0 Å². The van der Waals surface area contributed by atoms with E-state index in [1.54, 1.807) is 30.3 Å². The van der Waals surface area contributed by atoms with E-state index in [0.29, 0.717) is 22.8 Å². The first kappa shape index (κ1) is 17.5. The second-order valence-corrected chi connectivity index (χ2v) is 5.37. The van der Waals surface area contributed by atoms with Gasteiger partial charge in [0.05, 0.1) is 21.3 Å². The Kier molecular flexibility index (Phi) is 4.88. The number of rotatable bonds is 6. The fourth-order valence-corrected chi connectivity index (χ4v) is 2.58. The first-order chi connectivity index (χ1) is 12.6. The second kappa shape index (κ2) is 7.26. The number of benzene rings is 2. The van der Waals surface area contributed by atoms with E-state index in [0.717, 1.165) is 6.08 Å². The number of aliphatic hydroxyl groups excluding tert-OH is 1. The third-order valence-corrected chi connectivity index (χ3v) is 3.90. The Labute approximate surface area is 150 Å². The van der Waals surface area contributed by atoms with Gasteiger partial charge in [-0.15, -0.1) is 0 Å². The topological polar surface area (TPSA) is 83.5 Å². The molecule has 0 spiro atoms. The summed E-state index contributed by atoms with van der Waals surface area (Å²) in [4.78, 5) is 12.7. The summed E-state index contributed by atoms with van der Waals surface area (Å²) in [7, 11) is 4.37. The van der Waals surface area contributed by atoms with Gasteiger partial charge in [-0.05, 0) is 18.2 Å². The van der Waals surface area contributed by atoms with E-state index in [9.17, 15) is 9.90 Å². The van der Waals surface area contributed by atoms with Crippen molar-refractivity contribution in [1.29, 1.82) is 0 Å². The van der Waals surface area contributed by atoms with Gasteiger partial charge >= 0.3 is 0 Å². The van der Waals surface area contributed by atoms with Crippen LogP contribution in [0.3, 0.4) is 0 Å². The molecule has 0 saturated heterocycles. The fourth-order valence-electron chi connectivity index (χ4n) is 2.58. The Bertz CT molecular complexity index is 845. The van der Waals surface area contributed by atoms with E-state index in [-0.39, 0.29) is 29.6 Å². The third-order valence-electron chi connectivity index (χ3n) is 3.90. The summed E-state index contributed by atoms with van der Waals surface area (Å²) in [6.45, 7) is 0.127. The minimum absolute atomic E-state index is 0.127. The van der Waals surface area contributed by atoms with E-state index < -0.39 is 5.78 Å². The van der Waals surface area contributed by atoms with Crippen LogP contribution in [0, 0.1) is 0 Å². The summed E-state index contributed by atoms with van der Waals surface area (Å²) in [6, 6.07) is 8.04. The summed E-state index contributed by atoms with van der Waals surface area (Å²) in [5.41, 5.74) is 0.608. The van der Waals surface area contributed by atoms with Crippen LogP contribution in [0.5, 0.6) is 28.7 Å². The molecule has 1 heterocycles. The zero-order valence-electron chi connectivity index (χ0n) is 14.6. The van der Waals surface area contributed by atoms with E-state index in [4.69, 9.17) is 23.7 Å². The predicted molar refractivity (Wildman–Crippen MR) is 93.6 cm³/mol.